The zero-order chi connectivity index (χ0) is 24.8. The van der Waals surface area contributed by atoms with Crippen molar-refractivity contribution in [2.45, 2.75) is 32.7 Å². The maximum absolute atomic E-state index is 13.2. The molecule has 180 valence electrons. The Morgan fingerprint density at radius 2 is 1.63 bits per heavy atom. The topological polar surface area (TPSA) is 66.8 Å². The third-order valence-electron chi connectivity index (χ3n) is 6.21. The standard InChI is InChI=1S/C30H31NO4/c1-21(2)17-19-35-25-15-9-14-24(20-25)27-26(28(32)23-12-7-4-8-13-23)29(33)30(34)31(27)18-16-22-10-5-3-6-11-22/h3-15,20-21,27,32H,16-19H2,1-2H3. The molecular formula is C30H31NO4. The van der Waals surface area contributed by atoms with Crippen LogP contribution in [-0.4, -0.2) is 34.8 Å². The molecule has 0 aliphatic carbocycles. The van der Waals surface area contributed by atoms with Gasteiger partial charge in [0.2, 0.25) is 0 Å². The third-order valence-corrected chi connectivity index (χ3v) is 6.21. The number of likely N-dealkylation sites (tertiary alicyclic amines) is 1. The molecule has 0 radical (unpaired) electrons. The fourth-order valence-corrected chi connectivity index (χ4v) is 4.29. The normalized spacial score (nSPS) is 17.2. The van der Waals surface area contributed by atoms with E-state index in [0.29, 0.717) is 36.8 Å². The van der Waals surface area contributed by atoms with Crippen LogP contribution in [0.25, 0.3) is 5.76 Å². The van der Waals surface area contributed by atoms with Gasteiger partial charge in [-0.1, -0.05) is 86.6 Å². The molecule has 5 heteroatoms. The van der Waals surface area contributed by atoms with Crippen LogP contribution in [0.1, 0.15) is 43.0 Å². The molecule has 0 spiro atoms. The minimum Gasteiger partial charge on any atom is -0.507 e. The second-order valence-corrected chi connectivity index (χ2v) is 9.20. The van der Waals surface area contributed by atoms with Crippen molar-refractivity contribution in [1.29, 1.82) is 0 Å². The van der Waals surface area contributed by atoms with Crippen LogP contribution in [0, 0.1) is 5.92 Å². The van der Waals surface area contributed by atoms with Gasteiger partial charge in [-0.2, -0.15) is 0 Å². The SMILES string of the molecule is CC(C)CCOc1cccc(C2C(=C(O)c3ccccc3)C(=O)C(=O)N2CCc2ccccc2)c1. The van der Waals surface area contributed by atoms with E-state index >= 15 is 0 Å². The number of amides is 1. The van der Waals surface area contributed by atoms with E-state index in [9.17, 15) is 14.7 Å². The van der Waals surface area contributed by atoms with Crippen LogP contribution in [0.4, 0.5) is 0 Å². The van der Waals surface area contributed by atoms with Crippen LogP contribution < -0.4 is 4.74 Å². The van der Waals surface area contributed by atoms with Crippen molar-refractivity contribution in [1.82, 2.24) is 4.90 Å². The molecule has 1 N–H and O–H groups in total. The number of rotatable bonds is 9. The highest BCUT2D eigenvalue weighted by Crippen LogP contribution is 2.40. The van der Waals surface area contributed by atoms with Gasteiger partial charge in [-0.3, -0.25) is 9.59 Å². The number of hydrogen-bond acceptors (Lipinski definition) is 4. The summed E-state index contributed by atoms with van der Waals surface area (Å²) < 4.78 is 5.95. The van der Waals surface area contributed by atoms with Crippen molar-refractivity contribution >= 4 is 17.4 Å². The predicted octanol–water partition coefficient (Wildman–Crippen LogP) is 5.78. The highest BCUT2D eigenvalue weighted by molar-refractivity contribution is 6.46. The zero-order valence-corrected chi connectivity index (χ0v) is 20.2. The van der Waals surface area contributed by atoms with Gasteiger partial charge < -0.3 is 14.7 Å². The molecule has 0 saturated carbocycles. The lowest BCUT2D eigenvalue weighted by Gasteiger charge is -2.26. The number of carbonyl (C=O) groups excluding carboxylic acids is 2. The van der Waals surface area contributed by atoms with E-state index in [4.69, 9.17) is 4.74 Å². The molecule has 1 unspecified atom stereocenters. The first-order valence-corrected chi connectivity index (χ1v) is 12.1. The Kier molecular flexibility index (Phi) is 7.66. The van der Waals surface area contributed by atoms with Crippen LogP contribution in [-0.2, 0) is 16.0 Å². The first kappa shape index (κ1) is 24.3. The Bertz CT molecular complexity index is 1200. The molecule has 1 heterocycles. The number of aliphatic hydroxyl groups is 1. The van der Waals surface area contributed by atoms with Gasteiger partial charge in [0.25, 0.3) is 11.7 Å². The lowest BCUT2D eigenvalue weighted by atomic mass is 9.95. The third kappa shape index (κ3) is 5.62. The smallest absolute Gasteiger partial charge is 0.295 e. The van der Waals surface area contributed by atoms with E-state index in [1.165, 1.54) is 0 Å². The molecule has 1 amide bonds. The van der Waals surface area contributed by atoms with Crippen molar-refractivity contribution < 1.29 is 19.4 Å². The Morgan fingerprint density at radius 1 is 0.943 bits per heavy atom. The zero-order valence-electron chi connectivity index (χ0n) is 20.2. The molecule has 3 aromatic rings. The number of ketones is 1. The molecule has 35 heavy (non-hydrogen) atoms. The van der Waals surface area contributed by atoms with Crippen LogP contribution in [0.3, 0.4) is 0 Å². The van der Waals surface area contributed by atoms with Crippen molar-refractivity contribution in [2.24, 2.45) is 5.92 Å². The van der Waals surface area contributed by atoms with E-state index in [-0.39, 0.29) is 11.3 Å². The molecule has 5 nitrogen and oxygen atoms in total. The molecule has 1 saturated heterocycles. The summed E-state index contributed by atoms with van der Waals surface area (Å²) in [4.78, 5) is 28.0. The van der Waals surface area contributed by atoms with E-state index in [0.717, 1.165) is 17.5 Å². The van der Waals surface area contributed by atoms with Gasteiger partial charge in [-0.25, -0.2) is 0 Å². The quantitative estimate of drug-likeness (QED) is 0.245. The second kappa shape index (κ2) is 11.0. The monoisotopic (exact) mass is 469 g/mol. The van der Waals surface area contributed by atoms with Gasteiger partial charge in [0.05, 0.1) is 18.2 Å². The van der Waals surface area contributed by atoms with Gasteiger partial charge in [0.1, 0.15) is 11.5 Å². The number of carbonyl (C=O) groups is 2. The van der Waals surface area contributed by atoms with Gasteiger partial charge >= 0.3 is 0 Å². The molecular weight excluding hydrogens is 438 g/mol. The van der Waals surface area contributed by atoms with Gasteiger partial charge in [0.15, 0.2) is 0 Å². The summed E-state index contributed by atoms with van der Waals surface area (Å²) in [6, 6.07) is 25.5. The highest BCUT2D eigenvalue weighted by atomic mass is 16.5. The number of ether oxygens (including phenoxy) is 1. The molecule has 0 bridgehead atoms. The van der Waals surface area contributed by atoms with Crippen LogP contribution in [0.5, 0.6) is 5.75 Å². The van der Waals surface area contributed by atoms with E-state index in [2.05, 4.69) is 13.8 Å². The lowest BCUT2D eigenvalue weighted by Crippen LogP contribution is -2.31. The first-order chi connectivity index (χ1) is 17.0. The molecule has 1 fully saturated rings. The minimum atomic E-state index is -0.701. The summed E-state index contributed by atoms with van der Waals surface area (Å²) in [6.45, 7) is 5.22. The number of nitrogens with zero attached hydrogens (tertiary/aromatic N) is 1. The Balaban J connectivity index is 1.72. The molecule has 1 atom stereocenters. The van der Waals surface area contributed by atoms with Crippen LogP contribution >= 0.6 is 0 Å². The second-order valence-electron chi connectivity index (χ2n) is 9.20. The predicted molar refractivity (Wildman–Crippen MR) is 137 cm³/mol. The maximum atomic E-state index is 13.2. The Morgan fingerprint density at radius 3 is 2.31 bits per heavy atom. The number of benzene rings is 3. The fraction of sp³-hybridized carbons (Fsp3) is 0.267. The molecule has 1 aliphatic rings. The Labute approximate surface area is 206 Å². The molecule has 0 aromatic heterocycles. The average Bonchev–Trinajstić information content (AvgIpc) is 3.13. The molecule has 3 aromatic carbocycles. The number of hydrogen-bond donors (Lipinski definition) is 1. The van der Waals surface area contributed by atoms with Crippen molar-refractivity contribution in [3.63, 3.8) is 0 Å². The minimum absolute atomic E-state index is 0.105. The van der Waals surface area contributed by atoms with Crippen molar-refractivity contribution in [3.05, 3.63) is 107 Å². The van der Waals surface area contributed by atoms with Crippen LogP contribution in [0.2, 0.25) is 0 Å². The van der Waals surface area contributed by atoms with Gasteiger partial charge in [-0.05, 0) is 42.0 Å². The summed E-state index contributed by atoms with van der Waals surface area (Å²) in [7, 11) is 0. The largest absolute Gasteiger partial charge is 0.507 e. The first-order valence-electron chi connectivity index (χ1n) is 12.1. The van der Waals surface area contributed by atoms with Crippen LogP contribution in [0.15, 0.2) is 90.5 Å². The summed E-state index contributed by atoms with van der Waals surface area (Å²) in [5, 5.41) is 11.2. The summed E-state index contributed by atoms with van der Waals surface area (Å²) >= 11 is 0. The van der Waals surface area contributed by atoms with Gasteiger partial charge in [-0.15, -0.1) is 0 Å². The number of aliphatic hydroxyl groups excluding tert-OH is 1. The summed E-state index contributed by atoms with van der Waals surface area (Å²) in [6.07, 6.45) is 1.52. The van der Waals surface area contributed by atoms with E-state index in [1.54, 1.807) is 29.2 Å². The summed E-state index contributed by atoms with van der Waals surface area (Å²) in [5.74, 6) is -0.238. The molecule has 1 aliphatic heterocycles. The summed E-state index contributed by atoms with van der Waals surface area (Å²) in [5.41, 5.74) is 2.41. The maximum Gasteiger partial charge on any atom is 0.295 e. The Hall–Kier alpha value is -3.86. The van der Waals surface area contributed by atoms with E-state index < -0.39 is 17.7 Å². The fourth-order valence-electron chi connectivity index (χ4n) is 4.29. The number of Topliss-reactive ketones (excluding diaryl/α,β-unsaturated/α-hetero) is 1. The van der Waals surface area contributed by atoms with Crippen molar-refractivity contribution in [2.75, 3.05) is 13.2 Å². The average molecular weight is 470 g/mol. The van der Waals surface area contributed by atoms with E-state index in [1.807, 2.05) is 60.7 Å². The lowest BCUT2D eigenvalue weighted by molar-refractivity contribution is -0.139. The highest BCUT2D eigenvalue weighted by Gasteiger charge is 2.45. The van der Waals surface area contributed by atoms with Gasteiger partial charge in [0, 0.05) is 12.1 Å². The molecule has 4 rings (SSSR count). The van der Waals surface area contributed by atoms with Crippen molar-refractivity contribution in [3.8, 4) is 5.75 Å².